The quantitative estimate of drug-likeness (QED) is 0.827. The molecule has 0 radical (unpaired) electrons. The number of aromatic nitrogens is 2. The Kier molecular flexibility index (Phi) is 5.40. The number of hydrogen-bond acceptors (Lipinski definition) is 6. The first-order chi connectivity index (χ1) is 11.6. The van der Waals surface area contributed by atoms with Gasteiger partial charge in [0.2, 0.25) is 0 Å². The van der Waals surface area contributed by atoms with E-state index in [4.69, 9.17) is 4.74 Å². The van der Waals surface area contributed by atoms with Crippen LogP contribution < -0.4 is 5.32 Å². The molecule has 1 N–H and O–H groups in total. The number of cyclic esters (lactones) is 1. The maximum absolute atomic E-state index is 12.4. The highest BCUT2D eigenvalue weighted by atomic mass is 16.6. The first-order valence-electron chi connectivity index (χ1n) is 8.61. The van der Waals surface area contributed by atoms with Gasteiger partial charge in [0.05, 0.1) is 13.1 Å². The van der Waals surface area contributed by atoms with E-state index in [-0.39, 0.29) is 24.5 Å². The lowest BCUT2D eigenvalue weighted by molar-refractivity contribution is -0.165. The lowest BCUT2D eigenvalue weighted by atomic mass is 9.95. The Morgan fingerprint density at radius 1 is 1.38 bits per heavy atom. The Morgan fingerprint density at radius 3 is 2.92 bits per heavy atom. The van der Waals surface area contributed by atoms with Crippen LogP contribution in [0.4, 0.5) is 0 Å². The summed E-state index contributed by atoms with van der Waals surface area (Å²) in [4.78, 5) is 34.7. The zero-order chi connectivity index (χ0) is 16.9. The van der Waals surface area contributed by atoms with Crippen LogP contribution in [0.1, 0.15) is 43.6 Å². The van der Waals surface area contributed by atoms with Gasteiger partial charge in [-0.3, -0.25) is 14.5 Å². The third kappa shape index (κ3) is 4.50. The number of carbonyl (C=O) groups excluding carboxylic acids is 2. The second-order valence-corrected chi connectivity index (χ2v) is 6.61. The molecule has 0 spiro atoms. The van der Waals surface area contributed by atoms with Crippen LogP contribution in [0.3, 0.4) is 0 Å². The van der Waals surface area contributed by atoms with Crippen molar-refractivity contribution in [1.82, 2.24) is 20.2 Å². The molecule has 1 saturated heterocycles. The molecule has 1 amide bonds. The number of esters is 1. The SMILES string of the molecule is Cc1ccnc(CN2CC(=O)OC(C(=O)NC3CCCCC3)C2)n1. The molecular weight excluding hydrogens is 308 g/mol. The summed E-state index contributed by atoms with van der Waals surface area (Å²) in [6.07, 6.45) is 6.49. The van der Waals surface area contributed by atoms with Crippen molar-refractivity contribution in [1.29, 1.82) is 0 Å². The molecule has 1 atom stereocenters. The number of nitrogens with zero attached hydrogens (tertiary/aromatic N) is 3. The maximum Gasteiger partial charge on any atom is 0.320 e. The van der Waals surface area contributed by atoms with Crippen LogP contribution >= 0.6 is 0 Å². The largest absolute Gasteiger partial charge is 0.450 e. The minimum absolute atomic E-state index is 0.157. The van der Waals surface area contributed by atoms with Crippen molar-refractivity contribution in [2.75, 3.05) is 13.1 Å². The molecule has 2 aliphatic rings. The molecule has 0 aromatic carbocycles. The van der Waals surface area contributed by atoms with Gasteiger partial charge in [-0.25, -0.2) is 9.97 Å². The molecule has 1 aromatic heterocycles. The predicted molar refractivity (Wildman–Crippen MR) is 86.9 cm³/mol. The van der Waals surface area contributed by atoms with Gasteiger partial charge in [0.15, 0.2) is 6.10 Å². The molecule has 1 unspecified atom stereocenters. The van der Waals surface area contributed by atoms with E-state index in [2.05, 4.69) is 15.3 Å². The van der Waals surface area contributed by atoms with Gasteiger partial charge in [0, 0.05) is 24.5 Å². The van der Waals surface area contributed by atoms with Crippen LogP contribution in [0.5, 0.6) is 0 Å². The number of hydrogen-bond donors (Lipinski definition) is 1. The zero-order valence-corrected chi connectivity index (χ0v) is 14.0. The van der Waals surface area contributed by atoms with Crippen LogP contribution in [0.2, 0.25) is 0 Å². The monoisotopic (exact) mass is 332 g/mol. The van der Waals surface area contributed by atoms with E-state index >= 15 is 0 Å². The predicted octanol–water partition coefficient (Wildman–Crippen LogP) is 0.961. The van der Waals surface area contributed by atoms with E-state index in [1.165, 1.54) is 6.42 Å². The van der Waals surface area contributed by atoms with E-state index < -0.39 is 6.10 Å². The molecule has 1 aliphatic heterocycles. The molecular formula is C17H24N4O3. The molecule has 7 heteroatoms. The number of morpholine rings is 1. The zero-order valence-electron chi connectivity index (χ0n) is 14.0. The summed E-state index contributed by atoms with van der Waals surface area (Å²) in [7, 11) is 0. The smallest absolute Gasteiger partial charge is 0.320 e. The van der Waals surface area contributed by atoms with Gasteiger partial charge in [-0.15, -0.1) is 0 Å². The number of nitrogens with one attached hydrogen (secondary N) is 1. The Morgan fingerprint density at radius 2 is 2.17 bits per heavy atom. The minimum Gasteiger partial charge on any atom is -0.450 e. The molecule has 3 rings (SSSR count). The van der Waals surface area contributed by atoms with Crippen molar-refractivity contribution < 1.29 is 14.3 Å². The highest BCUT2D eigenvalue weighted by Gasteiger charge is 2.33. The molecule has 1 aliphatic carbocycles. The first-order valence-corrected chi connectivity index (χ1v) is 8.61. The summed E-state index contributed by atoms with van der Waals surface area (Å²) in [6, 6.07) is 2.04. The number of rotatable bonds is 4. The molecule has 130 valence electrons. The van der Waals surface area contributed by atoms with E-state index in [9.17, 15) is 9.59 Å². The minimum atomic E-state index is -0.752. The van der Waals surface area contributed by atoms with Crippen molar-refractivity contribution in [3.05, 3.63) is 23.8 Å². The number of aryl methyl sites for hydroxylation is 1. The standard InChI is InChI=1S/C17H24N4O3/c1-12-7-8-18-15(19-12)10-21-9-14(24-16(22)11-21)17(23)20-13-5-3-2-4-6-13/h7-8,13-14H,2-6,9-11H2,1H3,(H,20,23). The van der Waals surface area contributed by atoms with Crippen LogP contribution in [-0.2, 0) is 20.9 Å². The highest BCUT2D eigenvalue weighted by molar-refractivity contribution is 5.85. The molecule has 1 saturated carbocycles. The number of ether oxygens (including phenoxy) is 1. The average Bonchev–Trinajstić information content (AvgIpc) is 2.55. The number of carbonyl (C=O) groups is 2. The molecule has 1 aromatic rings. The van der Waals surface area contributed by atoms with Crippen LogP contribution in [-0.4, -0.2) is 52.0 Å². The van der Waals surface area contributed by atoms with Gasteiger partial charge in [0.25, 0.3) is 5.91 Å². The Labute approximate surface area is 141 Å². The van der Waals surface area contributed by atoms with E-state index in [0.717, 1.165) is 31.4 Å². The highest BCUT2D eigenvalue weighted by Crippen LogP contribution is 2.18. The fraction of sp³-hybridized carbons (Fsp3) is 0.647. The topological polar surface area (TPSA) is 84.4 Å². The second kappa shape index (κ2) is 7.70. The van der Waals surface area contributed by atoms with Crippen LogP contribution in [0.25, 0.3) is 0 Å². The molecule has 2 fully saturated rings. The third-order valence-corrected chi connectivity index (χ3v) is 4.50. The molecule has 24 heavy (non-hydrogen) atoms. The summed E-state index contributed by atoms with van der Waals surface area (Å²) in [5.74, 6) is 0.0824. The molecule has 0 bridgehead atoms. The summed E-state index contributed by atoms with van der Waals surface area (Å²) in [5.41, 5.74) is 0.881. The fourth-order valence-corrected chi connectivity index (χ4v) is 3.29. The van der Waals surface area contributed by atoms with Gasteiger partial charge in [-0.05, 0) is 25.8 Å². The van der Waals surface area contributed by atoms with Gasteiger partial charge in [-0.2, -0.15) is 0 Å². The van der Waals surface area contributed by atoms with Gasteiger partial charge < -0.3 is 10.1 Å². The first kappa shape index (κ1) is 16.8. The van der Waals surface area contributed by atoms with Crippen molar-refractivity contribution in [3.63, 3.8) is 0 Å². The summed E-state index contributed by atoms with van der Waals surface area (Å²) < 4.78 is 5.25. The van der Waals surface area contributed by atoms with Crippen molar-refractivity contribution >= 4 is 11.9 Å². The summed E-state index contributed by atoms with van der Waals surface area (Å²) in [5, 5.41) is 3.03. The lowest BCUT2D eigenvalue weighted by Gasteiger charge is -2.32. The Bertz CT molecular complexity index is 601. The fourth-order valence-electron chi connectivity index (χ4n) is 3.29. The van der Waals surface area contributed by atoms with E-state index in [1.54, 1.807) is 6.20 Å². The van der Waals surface area contributed by atoms with Crippen LogP contribution in [0, 0.1) is 6.92 Å². The van der Waals surface area contributed by atoms with Crippen molar-refractivity contribution in [2.45, 2.75) is 57.7 Å². The third-order valence-electron chi connectivity index (χ3n) is 4.50. The molecule has 2 heterocycles. The summed E-state index contributed by atoms with van der Waals surface area (Å²) in [6.45, 7) is 2.87. The number of amides is 1. The maximum atomic E-state index is 12.4. The van der Waals surface area contributed by atoms with Gasteiger partial charge >= 0.3 is 5.97 Å². The van der Waals surface area contributed by atoms with E-state index in [1.807, 2.05) is 17.9 Å². The molecule has 7 nitrogen and oxygen atoms in total. The lowest BCUT2D eigenvalue weighted by Crippen LogP contribution is -2.53. The normalized spacial score (nSPS) is 22.9. The van der Waals surface area contributed by atoms with Crippen LogP contribution in [0.15, 0.2) is 12.3 Å². The van der Waals surface area contributed by atoms with Crippen molar-refractivity contribution in [3.8, 4) is 0 Å². The van der Waals surface area contributed by atoms with Gasteiger partial charge in [-0.1, -0.05) is 19.3 Å². The Hall–Kier alpha value is -2.02. The Balaban J connectivity index is 1.58. The second-order valence-electron chi connectivity index (χ2n) is 6.61. The van der Waals surface area contributed by atoms with E-state index in [0.29, 0.717) is 18.9 Å². The van der Waals surface area contributed by atoms with Crippen molar-refractivity contribution in [2.24, 2.45) is 0 Å². The summed E-state index contributed by atoms with van der Waals surface area (Å²) >= 11 is 0. The average molecular weight is 332 g/mol. The van der Waals surface area contributed by atoms with Gasteiger partial charge in [0.1, 0.15) is 5.82 Å².